The highest BCUT2D eigenvalue weighted by atomic mass is 19.1. The summed E-state index contributed by atoms with van der Waals surface area (Å²) in [5.74, 6) is -0.247. The van der Waals surface area contributed by atoms with Gasteiger partial charge in [0.25, 0.3) is 5.56 Å². The van der Waals surface area contributed by atoms with Gasteiger partial charge in [-0.05, 0) is 61.3 Å². The zero-order valence-electron chi connectivity index (χ0n) is 19.8. The predicted octanol–water partition coefficient (Wildman–Crippen LogP) is 2.59. The van der Waals surface area contributed by atoms with E-state index in [0.717, 1.165) is 49.2 Å². The molecule has 0 fully saturated rings. The topological polar surface area (TPSA) is 130 Å². The van der Waals surface area contributed by atoms with Crippen molar-refractivity contribution in [2.24, 2.45) is 11.5 Å². The second kappa shape index (κ2) is 13.5. The van der Waals surface area contributed by atoms with Crippen molar-refractivity contribution in [2.45, 2.75) is 32.5 Å². The lowest BCUT2D eigenvalue weighted by Gasteiger charge is -2.22. The minimum Gasteiger partial charge on any atom is -0.331 e. The molecule has 3 aromatic rings. The fourth-order valence-electron chi connectivity index (χ4n) is 3.72. The molecule has 0 aliphatic carbocycles. The Kier molecular flexibility index (Phi) is 10.1. The predicted molar refractivity (Wildman–Crippen MR) is 137 cm³/mol. The molecule has 8 nitrogen and oxygen atoms in total. The highest BCUT2D eigenvalue weighted by molar-refractivity contribution is 5.90. The number of halogens is 1. The van der Waals surface area contributed by atoms with Crippen molar-refractivity contribution in [3.05, 3.63) is 81.8 Å². The summed E-state index contributed by atoms with van der Waals surface area (Å²) in [6.07, 6.45) is 3.49. The van der Waals surface area contributed by atoms with E-state index in [-0.39, 0.29) is 18.3 Å². The second-order valence-electron chi connectivity index (χ2n) is 8.40. The lowest BCUT2D eigenvalue weighted by Crippen LogP contribution is -2.28. The lowest BCUT2D eigenvalue weighted by molar-refractivity contribution is -0.115. The van der Waals surface area contributed by atoms with Gasteiger partial charge in [-0.1, -0.05) is 48.5 Å². The van der Waals surface area contributed by atoms with Crippen LogP contribution in [0.1, 0.15) is 29.5 Å². The van der Waals surface area contributed by atoms with Gasteiger partial charge in [0.2, 0.25) is 11.9 Å². The number of hydrogen-bond donors (Lipinski definition) is 4. The molecule has 0 saturated heterocycles. The van der Waals surface area contributed by atoms with E-state index in [2.05, 4.69) is 20.2 Å². The Bertz CT molecular complexity index is 1120. The highest BCUT2D eigenvalue weighted by Gasteiger charge is 2.11. The molecule has 35 heavy (non-hydrogen) atoms. The number of amides is 1. The first-order chi connectivity index (χ1) is 17.0. The van der Waals surface area contributed by atoms with Gasteiger partial charge in [-0.15, -0.1) is 0 Å². The summed E-state index contributed by atoms with van der Waals surface area (Å²) in [6, 6.07) is 14.5. The molecule has 0 aliphatic heterocycles. The highest BCUT2D eigenvalue weighted by Crippen LogP contribution is 2.17. The van der Waals surface area contributed by atoms with Gasteiger partial charge in [0.15, 0.2) is 0 Å². The molecule has 186 valence electrons. The maximum atomic E-state index is 12.6. The molecular weight excluding hydrogens is 447 g/mol. The standard InChI is InChI=1S/C26H33FN6O2/c27-16-20-5-3-19(4-6-20)15-24(34)31-26-30-17-23(25(35)32-26)22-9-7-21(8-10-22)18-33(13-1-11-28)14-2-12-29/h3-10,17H,1-2,11-16,18,28-29H2,(H2,30,31,32,34,35). The van der Waals surface area contributed by atoms with Gasteiger partial charge < -0.3 is 16.5 Å². The Morgan fingerprint density at radius 1 is 0.943 bits per heavy atom. The van der Waals surface area contributed by atoms with E-state index in [4.69, 9.17) is 11.5 Å². The number of benzene rings is 2. The van der Waals surface area contributed by atoms with Gasteiger partial charge in [0, 0.05) is 12.7 Å². The van der Waals surface area contributed by atoms with E-state index < -0.39 is 12.2 Å². The zero-order chi connectivity index (χ0) is 25.0. The number of carbonyl (C=O) groups is 1. The van der Waals surface area contributed by atoms with Crippen LogP contribution in [0.3, 0.4) is 0 Å². The van der Waals surface area contributed by atoms with Crippen molar-refractivity contribution in [3.8, 4) is 11.1 Å². The van der Waals surface area contributed by atoms with E-state index in [1.165, 1.54) is 0 Å². The SMILES string of the molecule is NCCCN(CCCN)Cc1ccc(-c2c[nH]c(NC(=O)Cc3ccc(CF)cc3)nc2=O)cc1. The Hall–Kier alpha value is -3.40. The molecular formula is C26H33FN6O2. The van der Waals surface area contributed by atoms with Gasteiger partial charge in [-0.25, -0.2) is 4.39 Å². The van der Waals surface area contributed by atoms with Crippen LogP contribution in [0.4, 0.5) is 10.3 Å². The van der Waals surface area contributed by atoms with E-state index in [1.54, 1.807) is 30.5 Å². The normalized spacial score (nSPS) is 11.1. The van der Waals surface area contributed by atoms with Gasteiger partial charge in [0.05, 0.1) is 12.0 Å². The molecule has 0 unspecified atom stereocenters. The molecule has 0 aliphatic rings. The fraction of sp³-hybridized carbons (Fsp3) is 0.346. The monoisotopic (exact) mass is 480 g/mol. The quantitative estimate of drug-likeness (QED) is 0.298. The van der Waals surface area contributed by atoms with Crippen LogP contribution in [0, 0.1) is 0 Å². The average Bonchev–Trinajstić information content (AvgIpc) is 2.86. The van der Waals surface area contributed by atoms with E-state index in [9.17, 15) is 14.0 Å². The molecule has 1 aromatic heterocycles. The number of nitrogens with zero attached hydrogens (tertiary/aromatic N) is 2. The number of H-pyrrole nitrogens is 1. The minimum absolute atomic E-state index is 0.0798. The molecule has 0 radical (unpaired) electrons. The van der Waals surface area contributed by atoms with Crippen molar-refractivity contribution >= 4 is 11.9 Å². The number of anilines is 1. The third-order valence-electron chi connectivity index (χ3n) is 5.62. The van der Waals surface area contributed by atoms with Gasteiger partial charge in [0.1, 0.15) is 6.67 Å². The number of carbonyl (C=O) groups excluding carboxylic acids is 1. The number of nitrogens with one attached hydrogen (secondary N) is 2. The van der Waals surface area contributed by atoms with E-state index in [0.29, 0.717) is 24.2 Å². The van der Waals surface area contributed by atoms with Crippen LogP contribution < -0.4 is 22.3 Å². The molecule has 3 rings (SSSR count). The van der Waals surface area contributed by atoms with Gasteiger partial charge >= 0.3 is 0 Å². The van der Waals surface area contributed by atoms with Crippen LogP contribution in [-0.4, -0.2) is 47.0 Å². The molecule has 0 saturated carbocycles. The van der Waals surface area contributed by atoms with Crippen molar-refractivity contribution in [1.29, 1.82) is 0 Å². The fourth-order valence-corrected chi connectivity index (χ4v) is 3.72. The third-order valence-corrected chi connectivity index (χ3v) is 5.62. The molecule has 1 heterocycles. The molecule has 6 N–H and O–H groups in total. The van der Waals surface area contributed by atoms with Crippen LogP contribution in [-0.2, 0) is 24.4 Å². The number of rotatable bonds is 13. The summed E-state index contributed by atoms with van der Waals surface area (Å²) in [7, 11) is 0. The Morgan fingerprint density at radius 2 is 1.54 bits per heavy atom. The molecule has 1 amide bonds. The van der Waals surface area contributed by atoms with Crippen LogP contribution in [0.15, 0.2) is 59.5 Å². The van der Waals surface area contributed by atoms with Crippen molar-refractivity contribution < 1.29 is 9.18 Å². The molecule has 2 aromatic carbocycles. The summed E-state index contributed by atoms with van der Waals surface area (Å²) in [6.45, 7) is 3.37. The van der Waals surface area contributed by atoms with E-state index >= 15 is 0 Å². The third kappa shape index (κ3) is 8.10. The van der Waals surface area contributed by atoms with Gasteiger partial charge in [-0.2, -0.15) is 4.98 Å². The zero-order valence-corrected chi connectivity index (χ0v) is 19.8. The summed E-state index contributed by atoms with van der Waals surface area (Å²) < 4.78 is 12.6. The number of hydrogen-bond acceptors (Lipinski definition) is 6. The summed E-state index contributed by atoms with van der Waals surface area (Å²) in [4.78, 5) is 34.1. The second-order valence-corrected chi connectivity index (χ2v) is 8.40. The van der Waals surface area contributed by atoms with Gasteiger partial charge in [-0.3, -0.25) is 19.8 Å². The summed E-state index contributed by atoms with van der Waals surface area (Å²) in [5, 5.41) is 2.60. The lowest BCUT2D eigenvalue weighted by atomic mass is 10.1. The number of aromatic amines is 1. The average molecular weight is 481 g/mol. The molecule has 9 heteroatoms. The maximum Gasteiger partial charge on any atom is 0.282 e. The maximum absolute atomic E-state index is 12.6. The Balaban J connectivity index is 1.62. The smallest absolute Gasteiger partial charge is 0.282 e. The number of alkyl halides is 1. The summed E-state index contributed by atoms with van der Waals surface area (Å²) in [5.41, 5.74) is 14.5. The number of nitrogens with two attached hydrogens (primary N) is 2. The summed E-state index contributed by atoms with van der Waals surface area (Å²) >= 11 is 0. The van der Waals surface area contributed by atoms with Crippen molar-refractivity contribution in [2.75, 3.05) is 31.5 Å². The van der Waals surface area contributed by atoms with Crippen LogP contribution in [0.25, 0.3) is 11.1 Å². The Labute approximate surface area is 204 Å². The largest absolute Gasteiger partial charge is 0.331 e. The van der Waals surface area contributed by atoms with Crippen LogP contribution >= 0.6 is 0 Å². The van der Waals surface area contributed by atoms with Crippen molar-refractivity contribution in [3.63, 3.8) is 0 Å². The first-order valence-electron chi connectivity index (χ1n) is 11.8. The number of aromatic nitrogens is 2. The molecule has 0 bridgehead atoms. The van der Waals surface area contributed by atoms with E-state index in [1.807, 2.05) is 24.3 Å². The molecule has 0 atom stereocenters. The van der Waals surface area contributed by atoms with Crippen LogP contribution in [0.5, 0.6) is 0 Å². The minimum atomic E-state index is -0.547. The molecule has 0 spiro atoms. The first-order valence-corrected chi connectivity index (χ1v) is 11.8. The van der Waals surface area contributed by atoms with Crippen LogP contribution in [0.2, 0.25) is 0 Å². The Morgan fingerprint density at radius 3 is 2.11 bits per heavy atom. The first kappa shape index (κ1) is 26.2. The van der Waals surface area contributed by atoms with Crippen molar-refractivity contribution in [1.82, 2.24) is 14.9 Å².